The minimum atomic E-state index is -0.0401. The van der Waals surface area contributed by atoms with E-state index in [2.05, 4.69) is 21.2 Å². The fraction of sp³-hybridized carbons (Fsp3) is 0.125. The zero-order valence-corrected chi connectivity index (χ0v) is 8.06. The number of hydrogen-bond donors (Lipinski definition) is 3. The van der Waals surface area contributed by atoms with Crippen LogP contribution < -0.4 is 11.1 Å². The SMILES string of the molecule is N=C(N)Nc1cccc(CBr)c1. The first-order chi connectivity index (χ1) is 5.72. The molecule has 0 amide bonds. The van der Waals surface area contributed by atoms with Gasteiger partial charge in [0, 0.05) is 11.0 Å². The Labute approximate surface area is 79.6 Å². The van der Waals surface area contributed by atoms with E-state index in [1.54, 1.807) is 0 Å². The Morgan fingerprint density at radius 1 is 1.58 bits per heavy atom. The van der Waals surface area contributed by atoms with Crippen LogP contribution in [0, 0.1) is 5.41 Å². The highest BCUT2D eigenvalue weighted by atomic mass is 79.9. The molecule has 0 unspecified atom stereocenters. The van der Waals surface area contributed by atoms with Crippen LogP contribution in [0.1, 0.15) is 5.56 Å². The normalized spacial score (nSPS) is 9.42. The minimum absolute atomic E-state index is 0.0401. The average molecular weight is 228 g/mol. The van der Waals surface area contributed by atoms with Gasteiger partial charge in [0.2, 0.25) is 0 Å². The molecule has 0 saturated carbocycles. The molecule has 0 aliphatic carbocycles. The molecule has 3 nitrogen and oxygen atoms in total. The third-order valence-electron chi connectivity index (χ3n) is 1.36. The van der Waals surface area contributed by atoms with E-state index in [4.69, 9.17) is 11.1 Å². The maximum Gasteiger partial charge on any atom is 0.190 e. The summed E-state index contributed by atoms with van der Waals surface area (Å²) < 4.78 is 0. The Bertz CT molecular complexity index is 285. The van der Waals surface area contributed by atoms with Gasteiger partial charge in [0.1, 0.15) is 0 Å². The van der Waals surface area contributed by atoms with Crippen LogP contribution in [0.15, 0.2) is 24.3 Å². The summed E-state index contributed by atoms with van der Waals surface area (Å²) in [6, 6.07) is 7.73. The van der Waals surface area contributed by atoms with E-state index < -0.39 is 0 Å². The fourth-order valence-electron chi connectivity index (χ4n) is 0.888. The summed E-state index contributed by atoms with van der Waals surface area (Å²) >= 11 is 3.35. The highest BCUT2D eigenvalue weighted by molar-refractivity contribution is 9.08. The van der Waals surface area contributed by atoms with Gasteiger partial charge in [0.05, 0.1) is 0 Å². The van der Waals surface area contributed by atoms with Gasteiger partial charge in [-0.25, -0.2) is 0 Å². The summed E-state index contributed by atoms with van der Waals surface area (Å²) in [4.78, 5) is 0. The number of anilines is 1. The predicted molar refractivity (Wildman–Crippen MR) is 54.6 cm³/mol. The molecule has 0 radical (unpaired) electrons. The smallest absolute Gasteiger partial charge is 0.190 e. The molecular formula is C8H10BrN3. The van der Waals surface area contributed by atoms with Crippen molar-refractivity contribution >= 4 is 27.6 Å². The molecule has 0 spiro atoms. The summed E-state index contributed by atoms with van der Waals surface area (Å²) in [5.41, 5.74) is 7.18. The summed E-state index contributed by atoms with van der Waals surface area (Å²) in [5.74, 6) is -0.0401. The Hall–Kier alpha value is -1.03. The molecule has 0 aromatic heterocycles. The second-order valence-corrected chi connectivity index (χ2v) is 2.93. The Kier molecular flexibility index (Phi) is 3.10. The lowest BCUT2D eigenvalue weighted by atomic mass is 10.2. The summed E-state index contributed by atoms with van der Waals surface area (Å²) in [6.07, 6.45) is 0. The van der Waals surface area contributed by atoms with Crippen LogP contribution in [-0.2, 0) is 5.33 Å². The number of rotatable bonds is 2. The van der Waals surface area contributed by atoms with E-state index in [9.17, 15) is 0 Å². The zero-order chi connectivity index (χ0) is 8.97. The maximum atomic E-state index is 7.01. The van der Waals surface area contributed by atoms with Gasteiger partial charge in [-0.3, -0.25) is 5.41 Å². The van der Waals surface area contributed by atoms with Crippen molar-refractivity contribution in [2.24, 2.45) is 5.73 Å². The van der Waals surface area contributed by atoms with Gasteiger partial charge in [0.25, 0.3) is 0 Å². The van der Waals surface area contributed by atoms with Gasteiger partial charge in [-0.1, -0.05) is 28.1 Å². The molecule has 1 rings (SSSR count). The van der Waals surface area contributed by atoms with Crippen molar-refractivity contribution in [3.63, 3.8) is 0 Å². The topological polar surface area (TPSA) is 61.9 Å². The Morgan fingerprint density at radius 3 is 2.92 bits per heavy atom. The van der Waals surface area contributed by atoms with Crippen molar-refractivity contribution in [1.29, 1.82) is 5.41 Å². The van der Waals surface area contributed by atoms with E-state index >= 15 is 0 Å². The van der Waals surface area contributed by atoms with Gasteiger partial charge in [0.15, 0.2) is 5.96 Å². The summed E-state index contributed by atoms with van der Waals surface area (Å²) in [7, 11) is 0. The van der Waals surface area contributed by atoms with Gasteiger partial charge in [-0.2, -0.15) is 0 Å². The van der Waals surface area contributed by atoms with Crippen LogP contribution in [-0.4, -0.2) is 5.96 Å². The minimum Gasteiger partial charge on any atom is -0.370 e. The second-order valence-electron chi connectivity index (χ2n) is 2.37. The molecule has 64 valence electrons. The quantitative estimate of drug-likeness (QED) is 0.411. The predicted octanol–water partition coefficient (Wildman–Crippen LogP) is 1.89. The molecule has 12 heavy (non-hydrogen) atoms. The molecule has 4 heteroatoms. The number of nitrogens with one attached hydrogen (secondary N) is 2. The maximum absolute atomic E-state index is 7.01. The van der Waals surface area contributed by atoms with Crippen molar-refractivity contribution < 1.29 is 0 Å². The molecule has 0 atom stereocenters. The van der Waals surface area contributed by atoms with Gasteiger partial charge < -0.3 is 11.1 Å². The number of nitrogens with two attached hydrogens (primary N) is 1. The van der Waals surface area contributed by atoms with E-state index in [0.29, 0.717) is 0 Å². The van der Waals surface area contributed by atoms with Crippen molar-refractivity contribution in [2.45, 2.75) is 5.33 Å². The molecule has 0 aliphatic heterocycles. The summed E-state index contributed by atoms with van der Waals surface area (Å²) in [6.45, 7) is 0. The molecule has 0 heterocycles. The van der Waals surface area contributed by atoms with Crippen LogP contribution in [0.3, 0.4) is 0 Å². The first-order valence-electron chi connectivity index (χ1n) is 3.48. The molecule has 0 saturated heterocycles. The van der Waals surface area contributed by atoms with E-state index in [1.165, 1.54) is 0 Å². The summed E-state index contributed by atoms with van der Waals surface area (Å²) in [5, 5.41) is 10.5. The number of guanidine groups is 1. The first kappa shape index (κ1) is 9.06. The Balaban J connectivity index is 2.79. The monoisotopic (exact) mass is 227 g/mol. The van der Waals surface area contributed by atoms with Crippen molar-refractivity contribution in [3.05, 3.63) is 29.8 Å². The average Bonchev–Trinajstić information content (AvgIpc) is 2.03. The first-order valence-corrected chi connectivity index (χ1v) is 4.60. The zero-order valence-electron chi connectivity index (χ0n) is 6.47. The van der Waals surface area contributed by atoms with E-state index in [1.807, 2.05) is 24.3 Å². The van der Waals surface area contributed by atoms with Crippen LogP contribution in [0.5, 0.6) is 0 Å². The third-order valence-corrected chi connectivity index (χ3v) is 2.01. The van der Waals surface area contributed by atoms with Crippen molar-refractivity contribution in [1.82, 2.24) is 0 Å². The molecule has 0 bridgehead atoms. The molecular weight excluding hydrogens is 218 g/mol. The van der Waals surface area contributed by atoms with Crippen molar-refractivity contribution in [2.75, 3.05) is 5.32 Å². The number of hydrogen-bond acceptors (Lipinski definition) is 1. The molecule has 0 aliphatic rings. The largest absolute Gasteiger partial charge is 0.370 e. The van der Waals surface area contributed by atoms with Crippen LogP contribution in [0.2, 0.25) is 0 Å². The highest BCUT2D eigenvalue weighted by Crippen LogP contribution is 2.12. The Morgan fingerprint density at radius 2 is 2.33 bits per heavy atom. The van der Waals surface area contributed by atoms with E-state index in [-0.39, 0.29) is 5.96 Å². The number of benzene rings is 1. The van der Waals surface area contributed by atoms with E-state index in [0.717, 1.165) is 16.6 Å². The third kappa shape index (κ3) is 2.54. The molecule has 4 N–H and O–H groups in total. The van der Waals surface area contributed by atoms with Gasteiger partial charge in [-0.15, -0.1) is 0 Å². The van der Waals surface area contributed by atoms with Gasteiger partial charge >= 0.3 is 0 Å². The number of halogens is 1. The fourth-order valence-corrected chi connectivity index (χ4v) is 1.24. The lowest BCUT2D eigenvalue weighted by molar-refractivity contribution is 1.39. The number of alkyl halides is 1. The molecule has 1 aromatic carbocycles. The lowest BCUT2D eigenvalue weighted by Crippen LogP contribution is -2.20. The standard InChI is InChI=1S/C8H10BrN3/c9-5-6-2-1-3-7(4-6)12-8(10)11/h1-4H,5H2,(H4,10,11,12). The second kappa shape index (κ2) is 4.11. The van der Waals surface area contributed by atoms with Crippen LogP contribution in [0.4, 0.5) is 5.69 Å². The highest BCUT2D eigenvalue weighted by Gasteiger charge is 1.94. The van der Waals surface area contributed by atoms with Crippen LogP contribution in [0.25, 0.3) is 0 Å². The van der Waals surface area contributed by atoms with Crippen molar-refractivity contribution in [3.8, 4) is 0 Å². The molecule has 0 fully saturated rings. The lowest BCUT2D eigenvalue weighted by Gasteiger charge is -2.04. The van der Waals surface area contributed by atoms with Crippen LogP contribution >= 0.6 is 15.9 Å². The van der Waals surface area contributed by atoms with Gasteiger partial charge in [-0.05, 0) is 17.7 Å². The molecule has 1 aromatic rings.